The molecule has 0 saturated heterocycles. The van der Waals surface area contributed by atoms with Crippen molar-refractivity contribution in [2.75, 3.05) is 5.32 Å². The quantitative estimate of drug-likeness (QED) is 0.559. The topological polar surface area (TPSA) is 90.0 Å². The van der Waals surface area contributed by atoms with Crippen molar-refractivity contribution in [2.24, 2.45) is 17.3 Å². The molecule has 0 aliphatic heterocycles. The van der Waals surface area contributed by atoms with Crippen LogP contribution < -0.4 is 10.9 Å². The van der Waals surface area contributed by atoms with E-state index >= 15 is 0 Å². The van der Waals surface area contributed by atoms with E-state index in [-0.39, 0.29) is 17.1 Å². The third-order valence-electron chi connectivity index (χ3n) is 7.67. The van der Waals surface area contributed by atoms with Gasteiger partial charge in [0.05, 0.1) is 11.0 Å². The first kappa shape index (κ1) is 19.2. The molecule has 0 radical (unpaired) electrons. The second kappa shape index (κ2) is 6.51. The molecular formula is C23H23BrN4O3. The Bertz CT molecular complexity index is 1270. The van der Waals surface area contributed by atoms with E-state index in [4.69, 9.17) is 4.42 Å². The highest BCUT2D eigenvalue weighted by atomic mass is 79.9. The molecule has 4 atom stereocenters. The highest BCUT2D eigenvalue weighted by Gasteiger charge is 2.61. The lowest BCUT2D eigenvalue weighted by Gasteiger charge is -2.60. The average molecular weight is 483 g/mol. The van der Waals surface area contributed by atoms with Crippen molar-refractivity contribution in [2.45, 2.75) is 51.0 Å². The minimum absolute atomic E-state index is 0.0690. The number of carbonyl (C=O) groups is 1. The zero-order chi connectivity index (χ0) is 21.4. The van der Waals surface area contributed by atoms with Crippen LogP contribution in [0.5, 0.6) is 0 Å². The summed E-state index contributed by atoms with van der Waals surface area (Å²) in [5.74, 6) is 1.14. The van der Waals surface area contributed by atoms with Gasteiger partial charge in [-0.3, -0.25) is 4.79 Å². The van der Waals surface area contributed by atoms with Crippen molar-refractivity contribution in [1.82, 2.24) is 14.8 Å². The summed E-state index contributed by atoms with van der Waals surface area (Å²) >= 11 is 3.37. The van der Waals surface area contributed by atoms with Crippen LogP contribution in [0.25, 0.3) is 11.0 Å². The van der Waals surface area contributed by atoms with Crippen LogP contribution in [0.2, 0.25) is 0 Å². The molecule has 2 aromatic heterocycles. The van der Waals surface area contributed by atoms with Crippen molar-refractivity contribution < 1.29 is 9.21 Å². The number of hydrogen-bond acceptors (Lipinski definition) is 5. The molecule has 4 aliphatic carbocycles. The van der Waals surface area contributed by atoms with Crippen LogP contribution in [-0.4, -0.2) is 20.7 Å². The summed E-state index contributed by atoms with van der Waals surface area (Å²) in [5.41, 5.74) is 1.12. The molecule has 1 aromatic carbocycles. The van der Waals surface area contributed by atoms with E-state index in [0.29, 0.717) is 27.8 Å². The first-order chi connectivity index (χ1) is 14.8. The first-order valence-corrected chi connectivity index (χ1v) is 11.6. The van der Waals surface area contributed by atoms with Crippen molar-refractivity contribution in [3.63, 3.8) is 0 Å². The van der Waals surface area contributed by atoms with Gasteiger partial charge >= 0.3 is 5.63 Å². The molecule has 8 heteroatoms. The largest absolute Gasteiger partial charge is 0.423 e. The maximum absolute atomic E-state index is 13.7. The van der Waals surface area contributed by atoms with Gasteiger partial charge in [0.15, 0.2) is 0 Å². The Morgan fingerprint density at radius 1 is 1.23 bits per heavy atom. The number of hydrogen-bond donors (Lipinski definition) is 1. The van der Waals surface area contributed by atoms with Gasteiger partial charge in [-0.25, -0.2) is 14.5 Å². The molecule has 7 nitrogen and oxygen atoms in total. The SMILES string of the molecule is Cc1cc(=O)oc2cc(NC(=O)C34C[C@H]5C[C@@H](C3)CC(n3cnc(Br)n3)(C5)C4)ccc12. The lowest BCUT2D eigenvalue weighted by Crippen LogP contribution is -2.60. The number of nitrogens with zero attached hydrogens (tertiary/aromatic N) is 3. The number of benzene rings is 1. The first-order valence-electron chi connectivity index (χ1n) is 10.8. The molecule has 0 spiro atoms. The lowest BCUT2D eigenvalue weighted by atomic mass is 9.46. The molecule has 2 heterocycles. The number of aryl methyl sites for hydroxylation is 1. The van der Waals surface area contributed by atoms with Crippen LogP contribution in [0.4, 0.5) is 5.69 Å². The fourth-order valence-electron chi connectivity index (χ4n) is 6.89. The summed E-state index contributed by atoms with van der Waals surface area (Å²) < 4.78 is 7.96. The standard InChI is InChI=1S/C23H23BrN4O3/c1-13-4-19(29)31-18-6-16(2-3-17(13)18)26-20(30)22-7-14-5-15(8-22)10-23(9-14,11-22)28-12-25-21(24)27-28/h2-4,6,12,14-15H,5,7-11H2,1H3,(H,26,30)/t14-,15+,22?,23?. The van der Waals surface area contributed by atoms with E-state index in [9.17, 15) is 9.59 Å². The van der Waals surface area contributed by atoms with E-state index < -0.39 is 5.41 Å². The number of carbonyl (C=O) groups excluding carboxylic acids is 1. The minimum atomic E-state index is -0.398. The normalized spacial score (nSPS) is 31.3. The van der Waals surface area contributed by atoms with E-state index in [0.717, 1.165) is 43.1 Å². The van der Waals surface area contributed by atoms with E-state index in [1.54, 1.807) is 12.4 Å². The highest BCUT2D eigenvalue weighted by molar-refractivity contribution is 9.10. The van der Waals surface area contributed by atoms with Crippen LogP contribution in [0.15, 0.2) is 44.5 Å². The number of rotatable bonds is 3. The third-order valence-corrected chi connectivity index (χ3v) is 8.03. The molecule has 1 N–H and O–H groups in total. The van der Waals surface area contributed by atoms with Crippen LogP contribution in [-0.2, 0) is 10.3 Å². The Morgan fingerprint density at radius 3 is 2.71 bits per heavy atom. The van der Waals surface area contributed by atoms with E-state index in [2.05, 4.69) is 31.3 Å². The monoisotopic (exact) mass is 482 g/mol. The molecule has 1 amide bonds. The summed E-state index contributed by atoms with van der Waals surface area (Å²) in [5, 5.41) is 8.60. The van der Waals surface area contributed by atoms with Crippen LogP contribution in [0.1, 0.15) is 44.1 Å². The zero-order valence-electron chi connectivity index (χ0n) is 17.2. The van der Waals surface area contributed by atoms with Crippen molar-refractivity contribution in [3.8, 4) is 0 Å². The summed E-state index contributed by atoms with van der Waals surface area (Å²) in [7, 11) is 0. The van der Waals surface area contributed by atoms with Gasteiger partial charge in [-0.05, 0) is 90.9 Å². The van der Waals surface area contributed by atoms with Gasteiger partial charge in [0.1, 0.15) is 11.9 Å². The molecule has 7 rings (SSSR count). The van der Waals surface area contributed by atoms with Crippen LogP contribution in [0, 0.1) is 24.2 Å². The van der Waals surface area contributed by atoms with Gasteiger partial charge in [0.25, 0.3) is 0 Å². The van der Waals surface area contributed by atoms with Gasteiger partial charge in [0.2, 0.25) is 10.6 Å². The maximum Gasteiger partial charge on any atom is 0.336 e. The number of fused-ring (bicyclic) bond motifs is 1. The Kier molecular flexibility index (Phi) is 4.04. The van der Waals surface area contributed by atoms with E-state index in [1.165, 1.54) is 12.5 Å². The molecular weight excluding hydrogens is 460 g/mol. The van der Waals surface area contributed by atoms with E-state index in [1.807, 2.05) is 23.7 Å². The van der Waals surface area contributed by atoms with Gasteiger partial charge < -0.3 is 9.73 Å². The molecule has 2 unspecified atom stereocenters. The second-order valence-corrected chi connectivity index (χ2v) is 10.5. The average Bonchev–Trinajstić information content (AvgIpc) is 3.14. The van der Waals surface area contributed by atoms with Gasteiger partial charge in [-0.1, -0.05) is 0 Å². The van der Waals surface area contributed by atoms with Gasteiger partial charge in [0, 0.05) is 23.2 Å². The lowest BCUT2D eigenvalue weighted by molar-refractivity contribution is -0.150. The third kappa shape index (κ3) is 2.98. The zero-order valence-corrected chi connectivity index (χ0v) is 18.8. The smallest absolute Gasteiger partial charge is 0.336 e. The van der Waals surface area contributed by atoms with Gasteiger partial charge in [-0.15, -0.1) is 5.10 Å². The van der Waals surface area contributed by atoms with Crippen molar-refractivity contribution >= 4 is 38.5 Å². The number of nitrogens with one attached hydrogen (secondary N) is 1. The molecule has 3 aromatic rings. The molecule has 4 aliphatic rings. The predicted molar refractivity (Wildman–Crippen MR) is 119 cm³/mol. The van der Waals surface area contributed by atoms with Gasteiger partial charge in [-0.2, -0.15) is 0 Å². The number of amides is 1. The highest BCUT2D eigenvalue weighted by Crippen LogP contribution is 2.64. The minimum Gasteiger partial charge on any atom is -0.423 e. The number of aromatic nitrogens is 3. The molecule has 160 valence electrons. The fourth-order valence-corrected chi connectivity index (χ4v) is 7.15. The summed E-state index contributed by atoms with van der Waals surface area (Å²) in [4.78, 5) is 29.7. The molecule has 4 saturated carbocycles. The Hall–Kier alpha value is -2.48. The molecule has 4 fully saturated rings. The maximum atomic E-state index is 13.7. The molecule has 4 bridgehead atoms. The molecule has 31 heavy (non-hydrogen) atoms. The van der Waals surface area contributed by atoms with Crippen molar-refractivity contribution in [3.05, 3.63) is 51.3 Å². The summed E-state index contributed by atoms with van der Waals surface area (Å²) in [6.07, 6.45) is 7.77. The van der Waals surface area contributed by atoms with Crippen molar-refractivity contribution in [1.29, 1.82) is 0 Å². The fraction of sp³-hybridized carbons (Fsp3) is 0.478. The predicted octanol–water partition coefficient (Wildman–Crippen LogP) is 4.39. The Labute approximate surface area is 187 Å². The van der Waals surface area contributed by atoms with Crippen LogP contribution in [0.3, 0.4) is 0 Å². The second-order valence-electron chi connectivity index (χ2n) is 9.84. The Morgan fingerprint density at radius 2 is 2.00 bits per heavy atom. The van der Waals surface area contributed by atoms with Crippen LogP contribution >= 0.6 is 15.9 Å². The summed E-state index contributed by atoms with van der Waals surface area (Å²) in [6, 6.07) is 7.03. The number of anilines is 1. The summed E-state index contributed by atoms with van der Waals surface area (Å²) in [6.45, 7) is 1.88. The number of halogens is 1. The Balaban J connectivity index is 1.33.